The maximum atomic E-state index is 12.1. The molecule has 154 valence electrons. The molecule has 9 heteroatoms. The van der Waals surface area contributed by atoms with Crippen LogP contribution in [0.2, 0.25) is 5.02 Å². The van der Waals surface area contributed by atoms with Gasteiger partial charge in [0.05, 0.1) is 19.8 Å². The van der Waals surface area contributed by atoms with Gasteiger partial charge in [-0.2, -0.15) is 0 Å². The maximum absolute atomic E-state index is 12.1. The van der Waals surface area contributed by atoms with Crippen LogP contribution < -0.4 is 20.3 Å². The van der Waals surface area contributed by atoms with Crippen molar-refractivity contribution >= 4 is 29.4 Å². The van der Waals surface area contributed by atoms with Crippen LogP contribution in [0.3, 0.4) is 0 Å². The quantitative estimate of drug-likeness (QED) is 0.501. The van der Waals surface area contributed by atoms with Crippen LogP contribution in [0.25, 0.3) is 0 Å². The van der Waals surface area contributed by atoms with Gasteiger partial charge in [-0.15, -0.1) is 0 Å². The number of esters is 1. The monoisotopic (exact) mass is 420 g/mol. The standard InChI is InChI=1S/C20H21ClN2O6/c1-27-15-7-3-13(4-8-15)5-10-19(25)29-12-18(24)22-23-20(26)16-11-14(21)6-9-17(16)28-2/h3-4,6-9,11H,5,10,12H2,1-2H3,(H,22,24)(H,23,26). The summed E-state index contributed by atoms with van der Waals surface area (Å²) in [5.74, 6) is -0.809. The van der Waals surface area contributed by atoms with Crippen LogP contribution in [-0.4, -0.2) is 38.6 Å². The van der Waals surface area contributed by atoms with E-state index in [0.29, 0.717) is 17.2 Å². The Kier molecular flexibility index (Phi) is 8.29. The van der Waals surface area contributed by atoms with E-state index in [0.717, 1.165) is 11.3 Å². The molecule has 2 amide bonds. The predicted octanol–water partition coefficient (Wildman–Crippen LogP) is 2.29. The van der Waals surface area contributed by atoms with Gasteiger partial charge in [-0.05, 0) is 42.3 Å². The Hall–Kier alpha value is -3.26. The number of carbonyl (C=O) groups excluding carboxylic acids is 3. The van der Waals surface area contributed by atoms with Crippen molar-refractivity contribution in [2.45, 2.75) is 12.8 Å². The lowest BCUT2D eigenvalue weighted by molar-refractivity contribution is -0.148. The molecule has 0 heterocycles. The molecule has 2 aromatic carbocycles. The Morgan fingerprint density at radius 1 is 0.966 bits per heavy atom. The fourth-order valence-corrected chi connectivity index (χ4v) is 2.52. The summed E-state index contributed by atoms with van der Waals surface area (Å²) in [7, 11) is 2.98. The normalized spacial score (nSPS) is 10.0. The minimum absolute atomic E-state index is 0.117. The first-order valence-electron chi connectivity index (χ1n) is 8.64. The number of amides is 2. The van der Waals surface area contributed by atoms with E-state index in [1.165, 1.54) is 19.2 Å². The number of nitrogens with one attached hydrogen (secondary N) is 2. The van der Waals surface area contributed by atoms with E-state index in [9.17, 15) is 14.4 Å². The van der Waals surface area contributed by atoms with Crippen LogP contribution in [0.1, 0.15) is 22.3 Å². The van der Waals surface area contributed by atoms with Crippen molar-refractivity contribution in [3.63, 3.8) is 0 Å². The van der Waals surface area contributed by atoms with Crippen LogP contribution in [0, 0.1) is 0 Å². The van der Waals surface area contributed by atoms with Gasteiger partial charge in [0, 0.05) is 11.4 Å². The zero-order chi connectivity index (χ0) is 21.2. The second-order valence-corrected chi connectivity index (χ2v) is 6.29. The number of hydrazine groups is 1. The van der Waals surface area contributed by atoms with Crippen LogP contribution >= 0.6 is 11.6 Å². The molecular weight excluding hydrogens is 400 g/mol. The molecule has 0 aliphatic heterocycles. The van der Waals surface area contributed by atoms with Crippen molar-refractivity contribution in [1.82, 2.24) is 10.9 Å². The Morgan fingerprint density at radius 3 is 2.34 bits per heavy atom. The number of rotatable bonds is 8. The smallest absolute Gasteiger partial charge is 0.306 e. The summed E-state index contributed by atoms with van der Waals surface area (Å²) in [6, 6.07) is 11.8. The topological polar surface area (TPSA) is 103 Å². The first-order chi connectivity index (χ1) is 13.9. The van der Waals surface area contributed by atoms with Crippen molar-refractivity contribution < 1.29 is 28.6 Å². The molecule has 2 aromatic rings. The lowest BCUT2D eigenvalue weighted by atomic mass is 10.1. The molecule has 8 nitrogen and oxygen atoms in total. The second-order valence-electron chi connectivity index (χ2n) is 5.86. The SMILES string of the molecule is COc1ccc(CCC(=O)OCC(=O)NNC(=O)c2cc(Cl)ccc2OC)cc1. The highest BCUT2D eigenvalue weighted by atomic mass is 35.5. The third kappa shape index (κ3) is 7.00. The zero-order valence-electron chi connectivity index (χ0n) is 16.0. The van der Waals surface area contributed by atoms with E-state index in [2.05, 4.69) is 10.9 Å². The average molecular weight is 421 g/mol. The Morgan fingerprint density at radius 2 is 1.69 bits per heavy atom. The Balaban J connectivity index is 1.73. The first kappa shape index (κ1) is 22.0. The molecule has 0 spiro atoms. The van der Waals surface area contributed by atoms with Crippen molar-refractivity contribution in [2.75, 3.05) is 20.8 Å². The molecule has 0 saturated heterocycles. The lowest BCUT2D eigenvalue weighted by Gasteiger charge is -2.11. The summed E-state index contributed by atoms with van der Waals surface area (Å²) in [6.45, 7) is -0.519. The molecule has 0 saturated carbocycles. The fraction of sp³-hybridized carbons (Fsp3) is 0.250. The van der Waals surface area contributed by atoms with Crippen LogP contribution in [0.5, 0.6) is 11.5 Å². The Labute approximate surface area is 173 Å². The van der Waals surface area contributed by atoms with Gasteiger partial charge in [0.25, 0.3) is 11.8 Å². The van der Waals surface area contributed by atoms with Gasteiger partial charge in [-0.1, -0.05) is 23.7 Å². The molecule has 0 bridgehead atoms. The summed E-state index contributed by atoms with van der Waals surface area (Å²) >= 11 is 5.87. The maximum Gasteiger partial charge on any atom is 0.306 e. The number of hydrogen-bond donors (Lipinski definition) is 2. The second kappa shape index (κ2) is 10.9. The van der Waals surface area contributed by atoms with Crippen LogP contribution in [0.15, 0.2) is 42.5 Å². The number of halogens is 1. The largest absolute Gasteiger partial charge is 0.497 e. The molecule has 0 atom stereocenters. The third-order valence-electron chi connectivity index (χ3n) is 3.86. The fourth-order valence-electron chi connectivity index (χ4n) is 2.34. The van der Waals surface area contributed by atoms with Gasteiger partial charge in [-0.25, -0.2) is 0 Å². The minimum atomic E-state index is -0.683. The van der Waals surface area contributed by atoms with Crippen molar-refractivity contribution in [3.05, 3.63) is 58.6 Å². The van der Waals surface area contributed by atoms with Gasteiger partial charge in [0.1, 0.15) is 11.5 Å². The van der Waals surface area contributed by atoms with E-state index in [-0.39, 0.29) is 12.0 Å². The summed E-state index contributed by atoms with van der Waals surface area (Å²) in [5.41, 5.74) is 5.47. The average Bonchev–Trinajstić information content (AvgIpc) is 2.74. The van der Waals surface area contributed by atoms with E-state index in [4.69, 9.17) is 25.8 Å². The highest BCUT2D eigenvalue weighted by Crippen LogP contribution is 2.22. The lowest BCUT2D eigenvalue weighted by Crippen LogP contribution is -2.43. The molecule has 0 unspecified atom stereocenters. The van der Waals surface area contributed by atoms with Gasteiger partial charge in [0.15, 0.2) is 6.61 Å². The van der Waals surface area contributed by atoms with E-state index >= 15 is 0 Å². The summed E-state index contributed by atoms with van der Waals surface area (Å²) in [5, 5.41) is 0.341. The third-order valence-corrected chi connectivity index (χ3v) is 4.10. The van der Waals surface area contributed by atoms with Gasteiger partial charge < -0.3 is 14.2 Å². The highest BCUT2D eigenvalue weighted by Gasteiger charge is 2.14. The Bertz CT molecular complexity index is 870. The van der Waals surface area contributed by atoms with Gasteiger partial charge in [-0.3, -0.25) is 25.2 Å². The van der Waals surface area contributed by atoms with Crippen molar-refractivity contribution in [3.8, 4) is 11.5 Å². The number of hydrogen-bond acceptors (Lipinski definition) is 6. The molecule has 2 N–H and O–H groups in total. The zero-order valence-corrected chi connectivity index (χ0v) is 16.7. The molecular formula is C20H21ClN2O6. The van der Waals surface area contributed by atoms with E-state index in [1.54, 1.807) is 25.3 Å². The molecule has 0 aliphatic carbocycles. The number of benzene rings is 2. The van der Waals surface area contributed by atoms with Crippen molar-refractivity contribution in [1.29, 1.82) is 0 Å². The molecule has 0 aliphatic rings. The molecule has 29 heavy (non-hydrogen) atoms. The predicted molar refractivity (Wildman–Crippen MR) is 106 cm³/mol. The number of aryl methyl sites for hydroxylation is 1. The van der Waals surface area contributed by atoms with E-state index < -0.39 is 24.4 Å². The highest BCUT2D eigenvalue weighted by molar-refractivity contribution is 6.31. The number of carbonyl (C=O) groups is 3. The van der Waals surface area contributed by atoms with Crippen LogP contribution in [-0.2, 0) is 20.7 Å². The number of methoxy groups -OCH3 is 2. The molecule has 0 fully saturated rings. The van der Waals surface area contributed by atoms with Crippen LogP contribution in [0.4, 0.5) is 0 Å². The molecule has 0 radical (unpaired) electrons. The van der Waals surface area contributed by atoms with Gasteiger partial charge >= 0.3 is 5.97 Å². The molecule has 0 aromatic heterocycles. The minimum Gasteiger partial charge on any atom is -0.497 e. The van der Waals surface area contributed by atoms with E-state index in [1.807, 2.05) is 12.1 Å². The first-order valence-corrected chi connectivity index (χ1v) is 9.02. The summed E-state index contributed by atoms with van der Waals surface area (Å²) in [6.07, 6.45) is 0.585. The van der Waals surface area contributed by atoms with Gasteiger partial charge in [0.2, 0.25) is 0 Å². The summed E-state index contributed by atoms with van der Waals surface area (Å²) < 4.78 is 15.0. The summed E-state index contributed by atoms with van der Waals surface area (Å²) in [4.78, 5) is 35.7. The molecule has 2 rings (SSSR count). The number of ether oxygens (including phenoxy) is 3. The van der Waals surface area contributed by atoms with Crippen molar-refractivity contribution in [2.24, 2.45) is 0 Å².